The van der Waals surface area contributed by atoms with Gasteiger partial charge in [0.2, 0.25) is 0 Å². The SMILES string of the molecule is CCOC(=O)N1c2cc(OC)c(OC)cc2[C@@H](C(O)c2ccccc2)C[C@@H]1C. The zero-order valence-electron chi connectivity index (χ0n) is 16.7. The Morgan fingerprint density at radius 2 is 1.82 bits per heavy atom. The fourth-order valence-corrected chi connectivity index (χ4v) is 3.88. The predicted octanol–water partition coefficient (Wildman–Crippen LogP) is 4.28. The minimum absolute atomic E-state index is 0.145. The van der Waals surface area contributed by atoms with Gasteiger partial charge in [0.25, 0.3) is 0 Å². The van der Waals surface area contributed by atoms with Crippen molar-refractivity contribution in [1.29, 1.82) is 0 Å². The van der Waals surface area contributed by atoms with Crippen LogP contribution < -0.4 is 14.4 Å². The molecule has 0 saturated carbocycles. The molecule has 0 saturated heterocycles. The molecule has 1 aliphatic rings. The van der Waals surface area contributed by atoms with Gasteiger partial charge in [0.1, 0.15) is 0 Å². The van der Waals surface area contributed by atoms with Crippen LogP contribution in [0.3, 0.4) is 0 Å². The van der Waals surface area contributed by atoms with Crippen LogP contribution >= 0.6 is 0 Å². The molecule has 1 N–H and O–H groups in total. The van der Waals surface area contributed by atoms with Crippen molar-refractivity contribution in [2.24, 2.45) is 0 Å². The van der Waals surface area contributed by atoms with Crippen molar-refractivity contribution in [3.05, 3.63) is 53.6 Å². The van der Waals surface area contributed by atoms with Gasteiger partial charge in [-0.25, -0.2) is 4.79 Å². The third-order valence-corrected chi connectivity index (χ3v) is 5.21. The van der Waals surface area contributed by atoms with Gasteiger partial charge in [-0.1, -0.05) is 30.3 Å². The van der Waals surface area contributed by atoms with Crippen LogP contribution in [0.4, 0.5) is 10.5 Å². The van der Waals surface area contributed by atoms with E-state index in [1.807, 2.05) is 43.3 Å². The van der Waals surface area contributed by atoms with Gasteiger partial charge in [0, 0.05) is 18.0 Å². The van der Waals surface area contributed by atoms with Gasteiger partial charge in [-0.15, -0.1) is 0 Å². The number of benzene rings is 2. The molecule has 1 heterocycles. The second-order valence-electron chi connectivity index (χ2n) is 6.88. The number of anilines is 1. The van der Waals surface area contributed by atoms with Gasteiger partial charge in [-0.2, -0.15) is 0 Å². The molecule has 2 aromatic rings. The lowest BCUT2D eigenvalue weighted by atomic mass is 9.80. The van der Waals surface area contributed by atoms with E-state index in [1.54, 1.807) is 32.1 Å². The summed E-state index contributed by atoms with van der Waals surface area (Å²) in [6.45, 7) is 4.03. The summed E-state index contributed by atoms with van der Waals surface area (Å²) in [5.41, 5.74) is 2.35. The minimum atomic E-state index is -0.704. The van der Waals surface area contributed by atoms with Gasteiger partial charge in [0.15, 0.2) is 11.5 Å². The molecule has 6 nitrogen and oxygen atoms in total. The van der Waals surface area contributed by atoms with Crippen molar-refractivity contribution in [3.8, 4) is 11.5 Å². The Morgan fingerprint density at radius 3 is 2.43 bits per heavy atom. The number of hydrogen-bond donors (Lipinski definition) is 1. The number of rotatable bonds is 5. The number of carbonyl (C=O) groups excluding carboxylic acids is 1. The van der Waals surface area contributed by atoms with E-state index in [-0.39, 0.29) is 12.0 Å². The lowest BCUT2D eigenvalue weighted by Crippen LogP contribution is -2.44. The van der Waals surface area contributed by atoms with Crippen molar-refractivity contribution >= 4 is 11.8 Å². The van der Waals surface area contributed by atoms with Gasteiger partial charge < -0.3 is 19.3 Å². The number of ether oxygens (including phenoxy) is 3. The molecule has 28 heavy (non-hydrogen) atoms. The highest BCUT2D eigenvalue weighted by atomic mass is 16.6. The van der Waals surface area contributed by atoms with Crippen molar-refractivity contribution < 1.29 is 24.1 Å². The summed E-state index contributed by atoms with van der Waals surface area (Å²) in [7, 11) is 3.13. The molecule has 6 heteroatoms. The van der Waals surface area contributed by atoms with Gasteiger partial charge in [-0.3, -0.25) is 4.90 Å². The van der Waals surface area contributed by atoms with Crippen molar-refractivity contribution in [1.82, 2.24) is 0 Å². The Labute approximate surface area is 165 Å². The first-order chi connectivity index (χ1) is 13.5. The highest BCUT2D eigenvalue weighted by Gasteiger charge is 2.39. The lowest BCUT2D eigenvalue weighted by Gasteiger charge is -2.40. The van der Waals surface area contributed by atoms with Crippen LogP contribution in [0.2, 0.25) is 0 Å². The summed E-state index contributed by atoms with van der Waals surface area (Å²) in [4.78, 5) is 14.3. The Morgan fingerprint density at radius 1 is 1.18 bits per heavy atom. The molecule has 0 spiro atoms. The van der Waals surface area contributed by atoms with Crippen LogP contribution in [0, 0.1) is 0 Å². The number of aliphatic hydroxyl groups excluding tert-OH is 1. The third-order valence-electron chi connectivity index (χ3n) is 5.21. The fraction of sp³-hybridized carbons (Fsp3) is 0.409. The van der Waals surface area contributed by atoms with Gasteiger partial charge >= 0.3 is 6.09 Å². The summed E-state index contributed by atoms with van der Waals surface area (Å²) in [5, 5.41) is 11.1. The molecule has 2 aromatic carbocycles. The quantitative estimate of drug-likeness (QED) is 0.832. The molecule has 0 bridgehead atoms. The Bertz CT molecular complexity index is 823. The smallest absolute Gasteiger partial charge is 0.414 e. The molecule has 150 valence electrons. The van der Waals surface area contributed by atoms with Crippen molar-refractivity contribution in [3.63, 3.8) is 0 Å². The molecule has 1 aliphatic heterocycles. The molecule has 0 aromatic heterocycles. The van der Waals surface area contributed by atoms with Crippen LogP contribution in [-0.2, 0) is 4.74 Å². The molecule has 0 fully saturated rings. The largest absolute Gasteiger partial charge is 0.493 e. The Hall–Kier alpha value is -2.73. The first-order valence-corrected chi connectivity index (χ1v) is 9.46. The Kier molecular flexibility index (Phi) is 6.09. The summed E-state index contributed by atoms with van der Waals surface area (Å²) in [6.07, 6.45) is -0.516. The maximum absolute atomic E-state index is 12.6. The average molecular weight is 385 g/mol. The topological polar surface area (TPSA) is 68.2 Å². The summed E-state index contributed by atoms with van der Waals surface area (Å²) in [6, 6.07) is 13.0. The highest BCUT2D eigenvalue weighted by Crippen LogP contribution is 2.48. The zero-order chi connectivity index (χ0) is 20.3. The number of nitrogens with zero attached hydrogens (tertiary/aromatic N) is 1. The summed E-state index contributed by atoms with van der Waals surface area (Å²) in [5.74, 6) is 0.889. The molecule has 3 atom stereocenters. The lowest BCUT2D eigenvalue weighted by molar-refractivity contribution is 0.128. The van der Waals surface area contributed by atoms with Crippen molar-refractivity contribution in [2.45, 2.75) is 38.3 Å². The molecular formula is C22H27NO5. The van der Waals surface area contributed by atoms with E-state index in [0.29, 0.717) is 30.2 Å². The van der Waals surface area contributed by atoms with E-state index in [0.717, 1.165) is 11.1 Å². The van der Waals surface area contributed by atoms with E-state index in [2.05, 4.69) is 0 Å². The van der Waals surface area contributed by atoms with Crippen molar-refractivity contribution in [2.75, 3.05) is 25.7 Å². The maximum Gasteiger partial charge on any atom is 0.414 e. The first kappa shape index (κ1) is 20.0. The Balaban J connectivity index is 2.12. The number of aliphatic hydroxyl groups is 1. The van der Waals surface area contributed by atoms with Crippen LogP contribution in [0.25, 0.3) is 0 Å². The second-order valence-corrected chi connectivity index (χ2v) is 6.88. The molecule has 3 rings (SSSR count). The van der Waals surface area contributed by atoms with Crippen LogP contribution in [0.1, 0.15) is 43.4 Å². The zero-order valence-corrected chi connectivity index (χ0v) is 16.7. The number of fused-ring (bicyclic) bond motifs is 1. The summed E-state index contributed by atoms with van der Waals surface area (Å²) >= 11 is 0. The second kappa shape index (κ2) is 8.52. The number of carbonyl (C=O) groups is 1. The number of amides is 1. The maximum atomic E-state index is 12.6. The van der Waals surface area contributed by atoms with Crippen LogP contribution in [-0.4, -0.2) is 38.1 Å². The minimum Gasteiger partial charge on any atom is -0.493 e. The monoisotopic (exact) mass is 385 g/mol. The van der Waals surface area contributed by atoms with E-state index < -0.39 is 12.2 Å². The number of methoxy groups -OCH3 is 2. The highest BCUT2D eigenvalue weighted by molar-refractivity contribution is 5.91. The predicted molar refractivity (Wildman–Crippen MR) is 107 cm³/mol. The molecular weight excluding hydrogens is 358 g/mol. The number of hydrogen-bond acceptors (Lipinski definition) is 5. The van der Waals surface area contributed by atoms with E-state index in [1.165, 1.54) is 0 Å². The first-order valence-electron chi connectivity index (χ1n) is 9.46. The van der Waals surface area contributed by atoms with Gasteiger partial charge in [0.05, 0.1) is 32.6 Å². The molecule has 1 amide bonds. The van der Waals surface area contributed by atoms with Crippen LogP contribution in [0.5, 0.6) is 11.5 Å². The van der Waals surface area contributed by atoms with E-state index >= 15 is 0 Å². The van der Waals surface area contributed by atoms with E-state index in [9.17, 15) is 9.90 Å². The fourth-order valence-electron chi connectivity index (χ4n) is 3.88. The van der Waals surface area contributed by atoms with Crippen LogP contribution in [0.15, 0.2) is 42.5 Å². The molecule has 0 radical (unpaired) electrons. The molecule has 0 aliphatic carbocycles. The average Bonchev–Trinajstić information content (AvgIpc) is 2.72. The normalized spacial score (nSPS) is 19.5. The summed E-state index contributed by atoms with van der Waals surface area (Å²) < 4.78 is 16.2. The van der Waals surface area contributed by atoms with E-state index in [4.69, 9.17) is 14.2 Å². The standard InChI is InChI=1S/C22H27NO5/c1-5-28-22(25)23-14(2)11-17(21(24)15-9-7-6-8-10-15)16-12-19(26-3)20(27-4)13-18(16)23/h6-10,12-14,17,21,24H,5,11H2,1-4H3/t14-,17-,21?/m0/s1. The van der Waals surface area contributed by atoms with Gasteiger partial charge in [-0.05, 0) is 37.5 Å². The third kappa shape index (κ3) is 3.64. The molecule has 1 unspecified atom stereocenters.